The fourth-order valence-electron chi connectivity index (χ4n) is 2.52. The minimum atomic E-state index is -0.103. The van der Waals surface area contributed by atoms with Crippen LogP contribution in [-0.4, -0.2) is 20.7 Å². The average molecular weight is 361 g/mol. The molecular weight excluding hydrogens is 344 g/mol. The van der Waals surface area contributed by atoms with E-state index in [0.29, 0.717) is 10.2 Å². The molecule has 0 fully saturated rings. The van der Waals surface area contributed by atoms with Gasteiger partial charge in [0.1, 0.15) is 0 Å². The number of amides is 1. The number of carbonyl (C=O) groups excluding carboxylic acids is 1. The van der Waals surface area contributed by atoms with E-state index in [1.807, 2.05) is 50.5 Å². The number of hydrogen-bond acceptors (Lipinski definition) is 4. The molecule has 1 N–H and O–H groups in total. The number of aromatic nitrogens is 3. The number of aryl methyl sites for hydroxylation is 2. The number of nitrogens with zero attached hydrogens (tertiary/aromatic N) is 3. The molecule has 0 spiro atoms. The Morgan fingerprint density at radius 1 is 1.33 bits per heavy atom. The Hall–Kier alpha value is -2.18. The second kappa shape index (κ2) is 6.75. The van der Waals surface area contributed by atoms with Crippen LogP contribution in [0.5, 0.6) is 0 Å². The molecule has 1 amide bonds. The van der Waals surface area contributed by atoms with E-state index < -0.39 is 0 Å². The van der Waals surface area contributed by atoms with Gasteiger partial charge in [0.05, 0.1) is 17.8 Å². The van der Waals surface area contributed by atoms with Gasteiger partial charge in [0.2, 0.25) is 5.91 Å². The van der Waals surface area contributed by atoms with Crippen LogP contribution in [0.2, 0.25) is 5.02 Å². The average Bonchev–Trinajstić information content (AvgIpc) is 3.08. The summed E-state index contributed by atoms with van der Waals surface area (Å²) in [5.41, 5.74) is 4.45. The van der Waals surface area contributed by atoms with Gasteiger partial charge in [0.15, 0.2) is 5.13 Å². The van der Waals surface area contributed by atoms with E-state index >= 15 is 0 Å². The Bertz CT molecular complexity index is 900. The predicted molar refractivity (Wildman–Crippen MR) is 97.6 cm³/mol. The van der Waals surface area contributed by atoms with Gasteiger partial charge in [-0.3, -0.25) is 9.48 Å². The van der Waals surface area contributed by atoms with Gasteiger partial charge in [-0.2, -0.15) is 5.10 Å². The molecule has 24 heavy (non-hydrogen) atoms. The third-order valence-electron chi connectivity index (χ3n) is 3.90. The first kappa shape index (κ1) is 16.7. The van der Waals surface area contributed by atoms with Gasteiger partial charge in [-0.05, 0) is 19.9 Å². The molecule has 3 rings (SSSR count). The molecule has 0 aliphatic carbocycles. The summed E-state index contributed by atoms with van der Waals surface area (Å²) in [4.78, 5) is 16.8. The molecule has 0 saturated heterocycles. The molecule has 3 aromatic rings. The first-order valence-corrected chi connectivity index (χ1v) is 8.71. The first-order valence-electron chi connectivity index (χ1n) is 7.45. The fraction of sp³-hybridized carbons (Fsp3) is 0.235. The van der Waals surface area contributed by atoms with Crippen molar-refractivity contribution in [3.05, 3.63) is 51.6 Å². The van der Waals surface area contributed by atoms with Crippen molar-refractivity contribution in [2.45, 2.75) is 20.3 Å². The van der Waals surface area contributed by atoms with E-state index in [0.717, 1.165) is 28.2 Å². The zero-order chi connectivity index (χ0) is 17.3. The highest BCUT2D eigenvalue weighted by molar-refractivity contribution is 7.14. The second-order valence-corrected chi connectivity index (χ2v) is 6.78. The van der Waals surface area contributed by atoms with Crippen molar-refractivity contribution < 1.29 is 4.79 Å². The Morgan fingerprint density at radius 3 is 2.75 bits per heavy atom. The Labute approximate surface area is 149 Å². The van der Waals surface area contributed by atoms with E-state index in [2.05, 4.69) is 15.4 Å². The maximum Gasteiger partial charge on any atom is 0.230 e. The van der Waals surface area contributed by atoms with Gasteiger partial charge in [0, 0.05) is 34.3 Å². The molecule has 2 aromatic heterocycles. The molecule has 7 heteroatoms. The van der Waals surface area contributed by atoms with Gasteiger partial charge in [0.25, 0.3) is 0 Å². The van der Waals surface area contributed by atoms with E-state index in [-0.39, 0.29) is 12.3 Å². The molecule has 2 heterocycles. The van der Waals surface area contributed by atoms with Crippen LogP contribution in [0.25, 0.3) is 11.3 Å². The van der Waals surface area contributed by atoms with Crippen LogP contribution in [0.3, 0.4) is 0 Å². The molecule has 0 unspecified atom stereocenters. The van der Waals surface area contributed by atoms with Crippen LogP contribution in [0, 0.1) is 13.8 Å². The van der Waals surface area contributed by atoms with Crippen LogP contribution >= 0.6 is 22.9 Å². The third-order valence-corrected chi connectivity index (χ3v) is 4.98. The largest absolute Gasteiger partial charge is 0.302 e. The first-order chi connectivity index (χ1) is 11.5. The lowest BCUT2D eigenvalue weighted by Crippen LogP contribution is -2.15. The maximum atomic E-state index is 12.3. The summed E-state index contributed by atoms with van der Waals surface area (Å²) in [7, 11) is 1.88. The molecule has 0 bridgehead atoms. The summed E-state index contributed by atoms with van der Waals surface area (Å²) in [6, 6.07) is 7.51. The van der Waals surface area contributed by atoms with E-state index in [1.54, 1.807) is 4.68 Å². The summed E-state index contributed by atoms with van der Waals surface area (Å²) < 4.78 is 1.79. The summed E-state index contributed by atoms with van der Waals surface area (Å²) in [6.07, 6.45) is 0.284. The smallest absolute Gasteiger partial charge is 0.230 e. The highest BCUT2D eigenvalue weighted by atomic mass is 35.5. The van der Waals surface area contributed by atoms with Crippen molar-refractivity contribution in [2.24, 2.45) is 7.05 Å². The number of hydrogen-bond donors (Lipinski definition) is 1. The van der Waals surface area contributed by atoms with Crippen LogP contribution < -0.4 is 5.32 Å². The summed E-state index contributed by atoms with van der Waals surface area (Å²) >= 11 is 7.57. The van der Waals surface area contributed by atoms with Crippen molar-refractivity contribution in [3.63, 3.8) is 0 Å². The summed E-state index contributed by atoms with van der Waals surface area (Å²) in [5.74, 6) is -0.103. The lowest BCUT2D eigenvalue weighted by Gasteiger charge is -2.03. The van der Waals surface area contributed by atoms with Crippen molar-refractivity contribution in [2.75, 3.05) is 5.32 Å². The van der Waals surface area contributed by atoms with Crippen LogP contribution in [-0.2, 0) is 18.3 Å². The van der Waals surface area contributed by atoms with Crippen molar-refractivity contribution >= 4 is 34.0 Å². The SMILES string of the molecule is Cc1nn(C)c(C)c1CC(=O)Nc1nc(-c2ccccc2Cl)cs1. The Balaban J connectivity index is 1.73. The molecule has 0 aliphatic heterocycles. The zero-order valence-corrected chi connectivity index (χ0v) is 15.2. The lowest BCUT2D eigenvalue weighted by atomic mass is 10.1. The molecular formula is C17H17ClN4OS. The number of halogens is 1. The molecule has 0 aliphatic rings. The van der Waals surface area contributed by atoms with E-state index in [9.17, 15) is 4.79 Å². The van der Waals surface area contributed by atoms with Crippen molar-refractivity contribution in [1.29, 1.82) is 0 Å². The van der Waals surface area contributed by atoms with Gasteiger partial charge in [-0.1, -0.05) is 29.8 Å². The monoisotopic (exact) mass is 360 g/mol. The highest BCUT2D eigenvalue weighted by Crippen LogP contribution is 2.30. The van der Waals surface area contributed by atoms with Crippen LogP contribution in [0.4, 0.5) is 5.13 Å². The second-order valence-electron chi connectivity index (χ2n) is 5.52. The predicted octanol–water partition coefficient (Wildman–Crippen LogP) is 4.00. The third kappa shape index (κ3) is 3.34. The van der Waals surface area contributed by atoms with Crippen molar-refractivity contribution in [3.8, 4) is 11.3 Å². The van der Waals surface area contributed by atoms with Gasteiger partial charge in [-0.15, -0.1) is 11.3 Å². The van der Waals surface area contributed by atoms with E-state index in [1.165, 1.54) is 11.3 Å². The molecule has 5 nitrogen and oxygen atoms in total. The number of nitrogens with one attached hydrogen (secondary N) is 1. The highest BCUT2D eigenvalue weighted by Gasteiger charge is 2.15. The number of rotatable bonds is 4. The number of benzene rings is 1. The standard InChI is InChI=1S/C17H17ClN4OS/c1-10-13(11(2)22(3)21-10)8-16(23)20-17-19-15(9-24-17)12-6-4-5-7-14(12)18/h4-7,9H,8H2,1-3H3,(H,19,20,23). The molecule has 0 radical (unpaired) electrons. The zero-order valence-electron chi connectivity index (χ0n) is 13.6. The van der Waals surface area contributed by atoms with Gasteiger partial charge < -0.3 is 5.32 Å². The van der Waals surface area contributed by atoms with Crippen molar-refractivity contribution in [1.82, 2.24) is 14.8 Å². The number of thiazole rings is 1. The minimum Gasteiger partial charge on any atom is -0.302 e. The van der Waals surface area contributed by atoms with Gasteiger partial charge >= 0.3 is 0 Å². The fourth-order valence-corrected chi connectivity index (χ4v) is 3.48. The quantitative estimate of drug-likeness (QED) is 0.765. The Morgan fingerprint density at radius 2 is 2.08 bits per heavy atom. The minimum absolute atomic E-state index is 0.103. The number of anilines is 1. The maximum absolute atomic E-state index is 12.3. The normalized spacial score (nSPS) is 10.8. The van der Waals surface area contributed by atoms with Crippen LogP contribution in [0.1, 0.15) is 17.0 Å². The molecule has 1 aromatic carbocycles. The number of carbonyl (C=O) groups is 1. The topological polar surface area (TPSA) is 59.8 Å². The molecule has 0 atom stereocenters. The van der Waals surface area contributed by atoms with Crippen LogP contribution in [0.15, 0.2) is 29.6 Å². The molecule has 124 valence electrons. The Kier molecular flexibility index (Phi) is 4.69. The molecule has 0 saturated carbocycles. The lowest BCUT2D eigenvalue weighted by molar-refractivity contribution is -0.115. The summed E-state index contributed by atoms with van der Waals surface area (Å²) in [5, 5.41) is 10.3. The summed E-state index contributed by atoms with van der Waals surface area (Å²) in [6.45, 7) is 3.87. The van der Waals surface area contributed by atoms with Gasteiger partial charge in [-0.25, -0.2) is 4.98 Å². The van der Waals surface area contributed by atoms with E-state index in [4.69, 9.17) is 11.6 Å².